The van der Waals surface area contributed by atoms with Crippen molar-refractivity contribution in [2.75, 3.05) is 0 Å². The second-order valence-electron chi connectivity index (χ2n) is 6.39. The molecule has 1 atom stereocenters. The first-order chi connectivity index (χ1) is 7.91. The van der Waals surface area contributed by atoms with Crippen LogP contribution in [0, 0.1) is 5.41 Å². The van der Waals surface area contributed by atoms with Crippen LogP contribution in [0.25, 0.3) is 0 Å². The third-order valence-corrected chi connectivity index (χ3v) is 3.67. The van der Waals surface area contributed by atoms with E-state index >= 15 is 0 Å². The van der Waals surface area contributed by atoms with Crippen molar-refractivity contribution >= 4 is 5.91 Å². The molecule has 0 aromatic rings. The molecule has 0 bridgehead atoms. The standard InChI is InChI=1S/C14H28N2O/c1-14(2,3)12(15)13(17)16-11-9-7-5-4-6-8-10-11/h11-12H,4-10,15H2,1-3H3,(H,16,17)/t12-/m1/s1. The minimum absolute atomic E-state index is 0.0167. The van der Waals surface area contributed by atoms with E-state index in [1.54, 1.807) is 0 Å². The molecule has 3 nitrogen and oxygen atoms in total. The van der Waals surface area contributed by atoms with Crippen LogP contribution in [0.1, 0.15) is 65.7 Å². The molecule has 0 aromatic carbocycles. The van der Waals surface area contributed by atoms with E-state index in [9.17, 15) is 4.79 Å². The van der Waals surface area contributed by atoms with Gasteiger partial charge in [-0.3, -0.25) is 4.79 Å². The van der Waals surface area contributed by atoms with Crippen LogP contribution < -0.4 is 11.1 Å². The molecule has 17 heavy (non-hydrogen) atoms. The van der Waals surface area contributed by atoms with Gasteiger partial charge in [-0.05, 0) is 18.3 Å². The van der Waals surface area contributed by atoms with Gasteiger partial charge in [0.2, 0.25) is 5.91 Å². The zero-order valence-electron chi connectivity index (χ0n) is 11.6. The Hall–Kier alpha value is -0.570. The van der Waals surface area contributed by atoms with E-state index in [0.717, 1.165) is 12.8 Å². The zero-order valence-corrected chi connectivity index (χ0v) is 11.6. The molecule has 0 spiro atoms. The summed E-state index contributed by atoms with van der Waals surface area (Å²) in [4.78, 5) is 12.0. The van der Waals surface area contributed by atoms with Gasteiger partial charge < -0.3 is 11.1 Å². The Morgan fingerprint density at radius 1 is 1.12 bits per heavy atom. The van der Waals surface area contributed by atoms with Gasteiger partial charge in [-0.25, -0.2) is 0 Å². The van der Waals surface area contributed by atoms with Crippen LogP contribution in [0.3, 0.4) is 0 Å². The van der Waals surface area contributed by atoms with Gasteiger partial charge in [0.1, 0.15) is 0 Å². The highest BCUT2D eigenvalue weighted by molar-refractivity contribution is 5.82. The summed E-state index contributed by atoms with van der Waals surface area (Å²) in [6.07, 6.45) is 8.65. The van der Waals surface area contributed by atoms with Crippen molar-refractivity contribution in [2.24, 2.45) is 11.1 Å². The highest BCUT2D eigenvalue weighted by Crippen LogP contribution is 2.20. The molecule has 0 heterocycles. The highest BCUT2D eigenvalue weighted by Gasteiger charge is 2.28. The average Bonchev–Trinajstić information content (AvgIpc) is 2.19. The van der Waals surface area contributed by atoms with Gasteiger partial charge in [-0.15, -0.1) is 0 Å². The van der Waals surface area contributed by atoms with Crippen LogP contribution in [0.4, 0.5) is 0 Å². The van der Waals surface area contributed by atoms with Gasteiger partial charge >= 0.3 is 0 Å². The number of carbonyl (C=O) groups excluding carboxylic acids is 1. The van der Waals surface area contributed by atoms with E-state index in [2.05, 4.69) is 5.32 Å². The van der Waals surface area contributed by atoms with Gasteiger partial charge in [-0.2, -0.15) is 0 Å². The van der Waals surface area contributed by atoms with Crippen molar-refractivity contribution in [3.8, 4) is 0 Å². The second kappa shape index (κ2) is 6.39. The fourth-order valence-corrected chi connectivity index (χ4v) is 2.28. The highest BCUT2D eigenvalue weighted by atomic mass is 16.2. The van der Waals surface area contributed by atoms with E-state index < -0.39 is 6.04 Å². The number of amides is 1. The Morgan fingerprint density at radius 2 is 1.59 bits per heavy atom. The number of carbonyl (C=O) groups is 1. The molecule has 1 aliphatic carbocycles. The first-order valence-corrected chi connectivity index (χ1v) is 6.97. The molecule has 0 radical (unpaired) electrons. The van der Waals surface area contributed by atoms with Gasteiger partial charge in [0.15, 0.2) is 0 Å². The van der Waals surface area contributed by atoms with E-state index in [1.165, 1.54) is 32.1 Å². The van der Waals surface area contributed by atoms with Gasteiger partial charge in [0.25, 0.3) is 0 Å². The molecule has 1 amide bonds. The summed E-state index contributed by atoms with van der Waals surface area (Å²) < 4.78 is 0. The molecule has 1 saturated carbocycles. The third kappa shape index (κ3) is 5.07. The fraction of sp³-hybridized carbons (Fsp3) is 0.929. The maximum Gasteiger partial charge on any atom is 0.237 e. The summed E-state index contributed by atoms with van der Waals surface area (Å²) in [5.74, 6) is 0.0167. The average molecular weight is 240 g/mol. The molecule has 100 valence electrons. The van der Waals surface area contributed by atoms with Gasteiger partial charge in [-0.1, -0.05) is 52.9 Å². The van der Waals surface area contributed by atoms with Crippen molar-refractivity contribution in [3.05, 3.63) is 0 Å². The Bertz CT molecular complexity index is 237. The van der Waals surface area contributed by atoms with Crippen molar-refractivity contribution in [2.45, 2.75) is 77.8 Å². The number of nitrogens with two attached hydrogens (primary N) is 1. The number of rotatable bonds is 2. The molecule has 1 aliphatic rings. The summed E-state index contributed by atoms with van der Waals surface area (Å²) >= 11 is 0. The summed E-state index contributed by atoms with van der Waals surface area (Å²) in [7, 11) is 0. The maximum atomic E-state index is 12.0. The number of hydrogen-bond acceptors (Lipinski definition) is 2. The molecule has 0 saturated heterocycles. The lowest BCUT2D eigenvalue weighted by molar-refractivity contribution is -0.125. The van der Waals surface area contributed by atoms with Crippen LogP contribution >= 0.6 is 0 Å². The molecule has 1 fully saturated rings. The molecular weight excluding hydrogens is 212 g/mol. The van der Waals surface area contributed by atoms with Crippen LogP contribution in [0.15, 0.2) is 0 Å². The van der Waals surface area contributed by atoms with Gasteiger partial charge in [0, 0.05) is 6.04 Å². The summed E-state index contributed by atoms with van der Waals surface area (Å²) in [6.45, 7) is 6.03. The Morgan fingerprint density at radius 3 is 2.06 bits per heavy atom. The quantitative estimate of drug-likeness (QED) is 0.779. The van der Waals surface area contributed by atoms with E-state index in [4.69, 9.17) is 5.73 Å². The smallest absolute Gasteiger partial charge is 0.237 e. The molecule has 3 heteroatoms. The lowest BCUT2D eigenvalue weighted by Gasteiger charge is -2.29. The lowest BCUT2D eigenvalue weighted by Crippen LogP contribution is -2.51. The van der Waals surface area contributed by atoms with Crippen molar-refractivity contribution in [3.63, 3.8) is 0 Å². The molecular formula is C14H28N2O. The van der Waals surface area contributed by atoms with Crippen molar-refractivity contribution < 1.29 is 4.79 Å². The first-order valence-electron chi connectivity index (χ1n) is 6.97. The maximum absolute atomic E-state index is 12.0. The van der Waals surface area contributed by atoms with Crippen LogP contribution in [0.5, 0.6) is 0 Å². The topological polar surface area (TPSA) is 55.1 Å². The third-order valence-electron chi connectivity index (χ3n) is 3.67. The van der Waals surface area contributed by atoms with Crippen LogP contribution in [-0.4, -0.2) is 18.0 Å². The minimum atomic E-state index is -0.409. The van der Waals surface area contributed by atoms with Gasteiger partial charge in [0.05, 0.1) is 6.04 Å². The summed E-state index contributed by atoms with van der Waals surface area (Å²) in [5.41, 5.74) is 5.81. The normalized spacial score (nSPS) is 21.4. The largest absolute Gasteiger partial charge is 0.352 e. The molecule has 0 unspecified atom stereocenters. The van der Waals surface area contributed by atoms with E-state index in [0.29, 0.717) is 6.04 Å². The lowest BCUT2D eigenvalue weighted by atomic mass is 9.86. The molecule has 3 N–H and O–H groups in total. The molecule has 1 rings (SSSR count). The fourth-order valence-electron chi connectivity index (χ4n) is 2.28. The first kappa shape index (κ1) is 14.5. The Kier molecular flexibility index (Phi) is 5.44. The van der Waals surface area contributed by atoms with Crippen LogP contribution in [0.2, 0.25) is 0 Å². The summed E-state index contributed by atoms with van der Waals surface area (Å²) in [5, 5.41) is 3.13. The predicted octanol–water partition coefficient (Wildman–Crippen LogP) is 2.59. The number of hydrogen-bond donors (Lipinski definition) is 2. The summed E-state index contributed by atoms with van der Waals surface area (Å²) in [6, 6.07) is -0.0656. The predicted molar refractivity (Wildman–Crippen MR) is 71.7 cm³/mol. The zero-order chi connectivity index (χ0) is 12.9. The monoisotopic (exact) mass is 240 g/mol. The van der Waals surface area contributed by atoms with Crippen molar-refractivity contribution in [1.29, 1.82) is 0 Å². The molecule has 0 aromatic heterocycles. The van der Waals surface area contributed by atoms with Crippen molar-refractivity contribution in [1.82, 2.24) is 5.32 Å². The minimum Gasteiger partial charge on any atom is -0.352 e. The SMILES string of the molecule is CC(C)(C)[C@H](N)C(=O)NC1CCCCCCC1. The van der Waals surface area contributed by atoms with Crippen LogP contribution in [-0.2, 0) is 4.79 Å². The molecule has 0 aliphatic heterocycles. The number of nitrogens with one attached hydrogen (secondary N) is 1. The second-order valence-corrected chi connectivity index (χ2v) is 6.39. The Labute approximate surface area is 106 Å². The van der Waals surface area contributed by atoms with E-state index in [1.807, 2.05) is 20.8 Å². The Balaban J connectivity index is 2.43. The van der Waals surface area contributed by atoms with E-state index in [-0.39, 0.29) is 11.3 Å².